The van der Waals surface area contributed by atoms with Gasteiger partial charge in [0.25, 0.3) is 0 Å². The van der Waals surface area contributed by atoms with E-state index in [4.69, 9.17) is 5.73 Å². The molecule has 0 saturated carbocycles. The maximum atomic E-state index is 10.1. The third kappa shape index (κ3) is 8.03. The van der Waals surface area contributed by atoms with Gasteiger partial charge in [0.2, 0.25) is 0 Å². The molecule has 0 rings (SSSR count). The van der Waals surface area contributed by atoms with Gasteiger partial charge in [-0.25, -0.2) is 0 Å². The Morgan fingerprint density at radius 2 is 2.09 bits per heavy atom. The van der Waals surface area contributed by atoms with Crippen LogP contribution in [0, 0.1) is 0 Å². The van der Waals surface area contributed by atoms with Gasteiger partial charge in [-0.05, 0) is 10.9 Å². The molecule has 0 bridgehead atoms. The standard InChI is InChI=1S/C6H13NO2S.H2S/c1-10(2)4-3-5(7)6(8)9;/h5H,3-4,7H2,1-2H3;1H2/t5-;/m0./s1. The number of carboxylic acid groups (broad SMARTS) is 1. The zero-order valence-corrected chi connectivity index (χ0v) is 8.61. The Morgan fingerprint density at radius 3 is 2.36 bits per heavy atom. The van der Waals surface area contributed by atoms with Crippen molar-refractivity contribution in [1.82, 2.24) is 0 Å². The van der Waals surface area contributed by atoms with Crippen molar-refractivity contribution in [2.75, 3.05) is 18.3 Å². The molecular weight excluding hydrogens is 182 g/mol. The van der Waals surface area contributed by atoms with Crippen LogP contribution in [0.4, 0.5) is 0 Å². The fourth-order valence-corrected chi connectivity index (χ4v) is 1.21. The van der Waals surface area contributed by atoms with Crippen molar-refractivity contribution in [3.05, 3.63) is 0 Å². The van der Waals surface area contributed by atoms with Crippen LogP contribution in [-0.4, -0.2) is 30.3 Å². The number of carbonyl (C=O) groups is 1. The molecule has 1 atom stereocenters. The lowest BCUT2D eigenvalue weighted by Gasteiger charge is -2.09. The third-order valence-electron chi connectivity index (χ3n) is 1.14. The Hall–Kier alpha value is 0.130. The first-order valence-corrected chi connectivity index (χ1v) is 5.25. The predicted octanol–water partition coefficient (Wildman–Crippen LogP) is -1.56. The SMILES string of the molecule is C[S+](C)CC[C@H](N)C(=O)[O-].S. The van der Waals surface area contributed by atoms with Crippen LogP contribution in [0.3, 0.4) is 0 Å². The van der Waals surface area contributed by atoms with Crippen molar-refractivity contribution < 1.29 is 9.90 Å². The van der Waals surface area contributed by atoms with Gasteiger partial charge in [0.05, 0.1) is 18.5 Å². The van der Waals surface area contributed by atoms with Crippen LogP contribution in [0.15, 0.2) is 0 Å². The van der Waals surface area contributed by atoms with Crippen LogP contribution in [0.25, 0.3) is 0 Å². The fourth-order valence-electron chi connectivity index (χ4n) is 0.481. The van der Waals surface area contributed by atoms with Gasteiger partial charge in [0.15, 0.2) is 0 Å². The molecule has 0 fully saturated rings. The Labute approximate surface area is 77.1 Å². The zero-order valence-electron chi connectivity index (χ0n) is 6.79. The maximum Gasteiger partial charge on any atom is 0.109 e. The first-order valence-electron chi connectivity index (χ1n) is 3.04. The Kier molecular flexibility index (Phi) is 8.49. The maximum absolute atomic E-state index is 10.1. The number of carbonyl (C=O) groups excluding carboxylic acids is 1. The lowest BCUT2D eigenvalue weighted by Crippen LogP contribution is -2.42. The van der Waals surface area contributed by atoms with Gasteiger partial charge >= 0.3 is 0 Å². The highest BCUT2D eigenvalue weighted by molar-refractivity contribution is 7.95. The number of rotatable bonds is 4. The smallest absolute Gasteiger partial charge is 0.109 e. The number of aliphatic carboxylic acids is 1. The highest BCUT2D eigenvalue weighted by Crippen LogP contribution is 1.92. The van der Waals surface area contributed by atoms with E-state index >= 15 is 0 Å². The highest BCUT2D eigenvalue weighted by Gasteiger charge is 2.08. The number of carboxylic acids is 1. The number of nitrogens with two attached hydrogens (primary N) is 1. The van der Waals surface area contributed by atoms with E-state index in [9.17, 15) is 9.90 Å². The molecule has 2 N–H and O–H groups in total. The van der Waals surface area contributed by atoms with Gasteiger partial charge in [-0.2, -0.15) is 13.5 Å². The van der Waals surface area contributed by atoms with E-state index in [0.29, 0.717) is 6.42 Å². The van der Waals surface area contributed by atoms with Crippen molar-refractivity contribution in [3.63, 3.8) is 0 Å². The quantitative estimate of drug-likeness (QED) is 0.555. The topological polar surface area (TPSA) is 66.2 Å². The first-order chi connectivity index (χ1) is 4.54. The molecule has 0 aromatic carbocycles. The first kappa shape index (κ1) is 13.7. The molecule has 0 aliphatic heterocycles. The minimum absolute atomic E-state index is 0. The molecule has 0 aliphatic rings. The van der Waals surface area contributed by atoms with Gasteiger partial charge in [-0.3, -0.25) is 0 Å². The molecule has 0 saturated heterocycles. The molecule has 0 aromatic heterocycles. The summed E-state index contributed by atoms with van der Waals surface area (Å²) < 4.78 is 0. The second kappa shape index (κ2) is 6.82. The molecule has 0 aliphatic carbocycles. The summed E-state index contributed by atoms with van der Waals surface area (Å²) in [5.74, 6) is -0.278. The fraction of sp³-hybridized carbons (Fsp3) is 0.833. The highest BCUT2D eigenvalue weighted by atomic mass is 32.2. The van der Waals surface area contributed by atoms with E-state index < -0.39 is 12.0 Å². The summed E-state index contributed by atoms with van der Waals surface area (Å²) >= 11 is 0. The molecule has 0 heterocycles. The van der Waals surface area contributed by atoms with Crippen molar-refractivity contribution in [2.45, 2.75) is 12.5 Å². The minimum Gasteiger partial charge on any atom is -0.548 e. The molecular formula is C6H15NO2S2. The predicted molar refractivity (Wildman–Crippen MR) is 52.1 cm³/mol. The summed E-state index contributed by atoms with van der Waals surface area (Å²) in [6.07, 6.45) is 4.64. The number of hydrogen-bond acceptors (Lipinski definition) is 3. The lowest BCUT2D eigenvalue weighted by molar-refractivity contribution is -0.307. The van der Waals surface area contributed by atoms with Gasteiger partial charge in [-0.1, -0.05) is 0 Å². The van der Waals surface area contributed by atoms with Crippen LogP contribution < -0.4 is 10.8 Å². The van der Waals surface area contributed by atoms with E-state index in [1.165, 1.54) is 0 Å². The monoisotopic (exact) mass is 197 g/mol. The van der Waals surface area contributed by atoms with E-state index in [-0.39, 0.29) is 24.4 Å². The summed E-state index contributed by atoms with van der Waals surface area (Å²) in [5, 5.41) is 10.1. The Balaban J connectivity index is 0. The van der Waals surface area contributed by atoms with Gasteiger partial charge in [0, 0.05) is 12.5 Å². The van der Waals surface area contributed by atoms with Crippen molar-refractivity contribution in [2.24, 2.45) is 5.73 Å². The molecule has 68 valence electrons. The largest absolute Gasteiger partial charge is 0.548 e. The summed E-state index contributed by atoms with van der Waals surface area (Å²) in [6.45, 7) is 0. The van der Waals surface area contributed by atoms with Gasteiger partial charge in [0.1, 0.15) is 5.75 Å². The summed E-state index contributed by atoms with van der Waals surface area (Å²) in [5.41, 5.74) is 5.21. The van der Waals surface area contributed by atoms with Crippen LogP contribution in [0.1, 0.15) is 6.42 Å². The molecule has 3 nitrogen and oxygen atoms in total. The summed E-state index contributed by atoms with van der Waals surface area (Å²) in [6, 6.07) is -0.783. The third-order valence-corrected chi connectivity index (χ3v) is 2.19. The van der Waals surface area contributed by atoms with Crippen molar-refractivity contribution >= 4 is 30.4 Å². The van der Waals surface area contributed by atoms with Crippen LogP contribution in [0.2, 0.25) is 0 Å². The van der Waals surface area contributed by atoms with Crippen molar-refractivity contribution in [1.29, 1.82) is 0 Å². The number of hydrogen-bond donors (Lipinski definition) is 1. The molecule has 0 amide bonds. The second-order valence-electron chi connectivity index (χ2n) is 2.40. The van der Waals surface area contributed by atoms with Gasteiger partial charge in [-0.15, -0.1) is 0 Å². The molecule has 0 unspecified atom stereocenters. The minimum atomic E-state index is -1.15. The molecule has 0 aromatic rings. The zero-order chi connectivity index (χ0) is 8.15. The Bertz CT molecular complexity index is 119. The van der Waals surface area contributed by atoms with E-state index in [0.717, 1.165) is 5.75 Å². The molecule has 11 heavy (non-hydrogen) atoms. The molecule has 0 radical (unpaired) electrons. The van der Waals surface area contributed by atoms with Crippen LogP contribution in [-0.2, 0) is 15.7 Å². The lowest BCUT2D eigenvalue weighted by atomic mass is 10.2. The normalized spacial score (nSPS) is 12.4. The Morgan fingerprint density at radius 1 is 1.64 bits per heavy atom. The summed E-state index contributed by atoms with van der Waals surface area (Å²) in [4.78, 5) is 10.1. The second-order valence-corrected chi connectivity index (χ2v) is 4.78. The van der Waals surface area contributed by atoms with Crippen LogP contribution >= 0.6 is 13.5 Å². The van der Waals surface area contributed by atoms with E-state index in [2.05, 4.69) is 12.5 Å². The van der Waals surface area contributed by atoms with Gasteiger partial charge < -0.3 is 15.6 Å². The summed E-state index contributed by atoms with van der Waals surface area (Å²) in [7, 11) is 0.276. The van der Waals surface area contributed by atoms with Crippen molar-refractivity contribution in [3.8, 4) is 0 Å². The van der Waals surface area contributed by atoms with E-state index in [1.54, 1.807) is 0 Å². The average Bonchev–Trinajstić information content (AvgIpc) is 1.82. The molecule has 5 heteroatoms. The van der Waals surface area contributed by atoms with Crippen LogP contribution in [0.5, 0.6) is 0 Å². The average molecular weight is 197 g/mol. The van der Waals surface area contributed by atoms with E-state index in [1.807, 2.05) is 0 Å². The molecule has 0 spiro atoms.